The highest BCUT2D eigenvalue weighted by Gasteiger charge is 2.24. The van der Waals surface area contributed by atoms with Crippen molar-refractivity contribution in [3.63, 3.8) is 0 Å². The van der Waals surface area contributed by atoms with Crippen LogP contribution < -0.4 is 0 Å². The molecule has 2 nitrogen and oxygen atoms in total. The first kappa shape index (κ1) is 13.0. The molecule has 92 valence electrons. The largest absolute Gasteiger partial charge is 0.298 e. The van der Waals surface area contributed by atoms with E-state index in [1.165, 1.54) is 0 Å². The molecule has 0 aliphatic heterocycles. The van der Waals surface area contributed by atoms with Gasteiger partial charge in [-0.1, -0.05) is 34.8 Å². The van der Waals surface area contributed by atoms with Crippen LogP contribution in [0.2, 0.25) is 0 Å². The van der Waals surface area contributed by atoms with Crippen LogP contribution in [0, 0.1) is 5.92 Å². The average Bonchev–Trinajstić information content (AvgIpc) is 2.82. The predicted octanol–water partition coefficient (Wildman–Crippen LogP) is 3.32. The van der Waals surface area contributed by atoms with E-state index < -0.39 is 10.8 Å². The third-order valence-corrected chi connectivity index (χ3v) is 4.96. The molecule has 0 spiro atoms. The van der Waals surface area contributed by atoms with Crippen LogP contribution in [-0.4, -0.2) is 15.7 Å². The molecule has 1 fully saturated rings. The highest BCUT2D eigenvalue weighted by atomic mass is 79.9. The maximum Gasteiger partial charge on any atom is 0.148 e. The van der Waals surface area contributed by atoms with Crippen molar-refractivity contribution in [2.75, 3.05) is 5.75 Å². The lowest BCUT2D eigenvalue weighted by atomic mass is 10.0. The number of carbonyl (C=O) groups is 1. The molecule has 0 radical (unpaired) electrons. The quantitative estimate of drug-likeness (QED) is 0.854. The molecule has 0 aromatic heterocycles. The molecule has 0 N–H and O–H groups in total. The summed E-state index contributed by atoms with van der Waals surface area (Å²) in [5, 5.41) is 0. The smallest absolute Gasteiger partial charge is 0.148 e. The van der Waals surface area contributed by atoms with E-state index in [9.17, 15) is 9.00 Å². The molecule has 0 bridgehead atoms. The van der Waals surface area contributed by atoms with E-state index in [1.807, 2.05) is 24.3 Å². The number of Topliss-reactive ketones (excluding diaryl/α,β-unsaturated/α-hetero) is 1. The fourth-order valence-electron chi connectivity index (χ4n) is 2.19. The van der Waals surface area contributed by atoms with Crippen LogP contribution in [0.3, 0.4) is 0 Å². The molecule has 1 unspecified atom stereocenters. The first-order valence-electron chi connectivity index (χ1n) is 5.83. The fourth-order valence-corrected chi connectivity index (χ4v) is 3.89. The minimum atomic E-state index is -1.20. The minimum Gasteiger partial charge on any atom is -0.298 e. The van der Waals surface area contributed by atoms with E-state index in [-0.39, 0.29) is 17.5 Å². The zero-order valence-electron chi connectivity index (χ0n) is 9.52. The van der Waals surface area contributed by atoms with E-state index in [2.05, 4.69) is 15.9 Å². The second-order valence-electron chi connectivity index (χ2n) is 4.39. The standard InChI is InChI=1S/C13H15BrO2S/c14-11-6-3-7-12(8-11)17(16)9-13(15)10-4-1-2-5-10/h3,6-8,10H,1-2,4-5,9H2. The zero-order valence-corrected chi connectivity index (χ0v) is 11.9. The van der Waals surface area contributed by atoms with Crippen LogP contribution in [0.25, 0.3) is 0 Å². The van der Waals surface area contributed by atoms with Gasteiger partial charge < -0.3 is 0 Å². The number of hydrogen-bond acceptors (Lipinski definition) is 2. The van der Waals surface area contributed by atoms with E-state index >= 15 is 0 Å². The highest BCUT2D eigenvalue weighted by molar-refractivity contribution is 9.10. The summed E-state index contributed by atoms with van der Waals surface area (Å²) in [6.45, 7) is 0. The van der Waals surface area contributed by atoms with Crippen LogP contribution in [-0.2, 0) is 15.6 Å². The summed E-state index contributed by atoms with van der Waals surface area (Å²) in [4.78, 5) is 12.6. The molecule has 1 aliphatic carbocycles. The van der Waals surface area contributed by atoms with Crippen LogP contribution in [0.15, 0.2) is 33.6 Å². The summed E-state index contributed by atoms with van der Waals surface area (Å²) in [5.74, 6) is 0.494. The fraction of sp³-hybridized carbons (Fsp3) is 0.462. The molecule has 1 aliphatic rings. The van der Waals surface area contributed by atoms with E-state index in [4.69, 9.17) is 0 Å². The monoisotopic (exact) mass is 314 g/mol. The van der Waals surface area contributed by atoms with Crippen molar-refractivity contribution in [1.82, 2.24) is 0 Å². The molecule has 0 saturated heterocycles. The number of halogens is 1. The Morgan fingerprint density at radius 1 is 1.35 bits per heavy atom. The van der Waals surface area contributed by atoms with Crippen LogP contribution in [0.4, 0.5) is 0 Å². The summed E-state index contributed by atoms with van der Waals surface area (Å²) in [5.41, 5.74) is 0. The van der Waals surface area contributed by atoms with Gasteiger partial charge in [0.15, 0.2) is 0 Å². The maximum absolute atomic E-state index is 12.0. The molecule has 0 heterocycles. The van der Waals surface area contributed by atoms with Crippen molar-refractivity contribution in [1.29, 1.82) is 0 Å². The lowest BCUT2D eigenvalue weighted by Crippen LogP contribution is -2.18. The van der Waals surface area contributed by atoms with Gasteiger partial charge in [0.25, 0.3) is 0 Å². The molecule has 0 amide bonds. The van der Waals surface area contributed by atoms with Gasteiger partial charge in [0, 0.05) is 15.3 Å². The molecule has 1 aromatic rings. The molecule has 1 aromatic carbocycles. The molecular formula is C13H15BrO2S. The van der Waals surface area contributed by atoms with Gasteiger partial charge in [-0.25, -0.2) is 0 Å². The molecule has 17 heavy (non-hydrogen) atoms. The van der Waals surface area contributed by atoms with Crippen molar-refractivity contribution in [3.05, 3.63) is 28.7 Å². The second kappa shape index (κ2) is 5.91. The Kier molecular flexibility index (Phi) is 4.51. The lowest BCUT2D eigenvalue weighted by molar-refractivity contribution is -0.120. The molecule has 1 saturated carbocycles. The van der Waals surface area contributed by atoms with Gasteiger partial charge in [-0.15, -0.1) is 0 Å². The Morgan fingerprint density at radius 3 is 2.71 bits per heavy atom. The Balaban J connectivity index is 1.99. The first-order valence-corrected chi connectivity index (χ1v) is 7.94. The summed E-state index contributed by atoms with van der Waals surface area (Å²) >= 11 is 3.34. The SMILES string of the molecule is O=C(CS(=O)c1cccc(Br)c1)C1CCCC1. The van der Waals surface area contributed by atoms with E-state index in [0.29, 0.717) is 0 Å². The van der Waals surface area contributed by atoms with Crippen molar-refractivity contribution in [2.24, 2.45) is 5.92 Å². The maximum atomic E-state index is 12.0. The topological polar surface area (TPSA) is 34.1 Å². The van der Waals surface area contributed by atoms with Crippen molar-refractivity contribution >= 4 is 32.5 Å². The molecular weight excluding hydrogens is 300 g/mol. The van der Waals surface area contributed by atoms with Crippen LogP contribution in [0.5, 0.6) is 0 Å². The number of rotatable bonds is 4. The molecule has 4 heteroatoms. The summed E-state index contributed by atoms with van der Waals surface area (Å²) in [6, 6.07) is 7.36. The van der Waals surface area contributed by atoms with Gasteiger partial charge in [0.05, 0.1) is 16.6 Å². The normalized spacial score (nSPS) is 18.2. The predicted molar refractivity (Wildman–Crippen MR) is 72.4 cm³/mol. The average molecular weight is 315 g/mol. The zero-order chi connectivity index (χ0) is 12.3. The Labute approximate surface area is 112 Å². The summed E-state index contributed by atoms with van der Waals surface area (Å²) in [6.07, 6.45) is 4.24. The third-order valence-electron chi connectivity index (χ3n) is 3.14. The van der Waals surface area contributed by atoms with Gasteiger partial charge in [-0.3, -0.25) is 9.00 Å². The number of ketones is 1. The Bertz CT molecular complexity index is 439. The van der Waals surface area contributed by atoms with Gasteiger partial charge in [-0.05, 0) is 31.0 Å². The lowest BCUT2D eigenvalue weighted by Gasteiger charge is -2.07. The summed E-state index contributed by atoms with van der Waals surface area (Å²) in [7, 11) is -1.20. The Morgan fingerprint density at radius 2 is 2.06 bits per heavy atom. The minimum absolute atomic E-state index is 0.158. The van der Waals surface area contributed by atoms with Gasteiger partial charge in [-0.2, -0.15) is 0 Å². The number of hydrogen-bond donors (Lipinski definition) is 0. The van der Waals surface area contributed by atoms with Gasteiger partial charge in [0.1, 0.15) is 5.78 Å². The van der Waals surface area contributed by atoms with Crippen LogP contribution >= 0.6 is 15.9 Å². The van der Waals surface area contributed by atoms with E-state index in [1.54, 1.807) is 0 Å². The third kappa shape index (κ3) is 3.49. The van der Waals surface area contributed by atoms with Crippen molar-refractivity contribution < 1.29 is 9.00 Å². The molecule has 2 rings (SSSR count). The Hall–Kier alpha value is -0.480. The van der Waals surface area contributed by atoms with Crippen LogP contribution in [0.1, 0.15) is 25.7 Å². The van der Waals surface area contributed by atoms with Gasteiger partial charge in [0.2, 0.25) is 0 Å². The first-order chi connectivity index (χ1) is 8.16. The van der Waals surface area contributed by atoms with Gasteiger partial charge >= 0.3 is 0 Å². The highest BCUT2D eigenvalue weighted by Crippen LogP contribution is 2.26. The number of carbonyl (C=O) groups excluding carboxylic acids is 1. The van der Waals surface area contributed by atoms with Crippen molar-refractivity contribution in [3.8, 4) is 0 Å². The molecule has 1 atom stereocenters. The summed E-state index contributed by atoms with van der Waals surface area (Å²) < 4.78 is 12.9. The van der Waals surface area contributed by atoms with Crippen molar-refractivity contribution in [2.45, 2.75) is 30.6 Å². The number of benzene rings is 1. The second-order valence-corrected chi connectivity index (χ2v) is 6.76. The van der Waals surface area contributed by atoms with E-state index in [0.717, 1.165) is 35.1 Å².